The molecule has 0 aliphatic carbocycles. The topological polar surface area (TPSA) is 68.3 Å². The summed E-state index contributed by atoms with van der Waals surface area (Å²) >= 11 is 0. The Kier molecular flexibility index (Phi) is 4.87. The number of likely N-dealkylation sites (tertiary alicyclic amines) is 1. The second-order valence-corrected chi connectivity index (χ2v) is 6.71. The molecule has 0 N–H and O–H groups in total. The van der Waals surface area contributed by atoms with E-state index in [0.29, 0.717) is 5.89 Å². The predicted octanol–water partition coefficient (Wildman–Crippen LogP) is 2.64. The van der Waals surface area contributed by atoms with Crippen molar-refractivity contribution < 1.29 is 9.21 Å². The first-order valence-corrected chi connectivity index (χ1v) is 9.18. The number of hydrogen-bond acceptors (Lipinski definition) is 4. The summed E-state index contributed by atoms with van der Waals surface area (Å²) in [5.74, 6) is -0.699. The van der Waals surface area contributed by atoms with Crippen LogP contribution in [0, 0.1) is 0 Å². The van der Waals surface area contributed by atoms with Crippen molar-refractivity contribution in [2.75, 3.05) is 13.1 Å². The zero-order valence-corrected chi connectivity index (χ0v) is 15.0. The number of rotatable bonds is 5. The highest BCUT2D eigenvalue weighted by atomic mass is 16.4. The largest absolute Gasteiger partial charge is 0.437 e. The molecule has 0 spiro atoms. The summed E-state index contributed by atoms with van der Waals surface area (Å²) in [4.78, 5) is 26.5. The summed E-state index contributed by atoms with van der Waals surface area (Å²) in [6.07, 6.45) is 2.02. The smallest absolute Gasteiger partial charge is 0.391 e. The van der Waals surface area contributed by atoms with Gasteiger partial charge in [0.25, 0.3) is 0 Å². The van der Waals surface area contributed by atoms with Crippen molar-refractivity contribution in [1.29, 1.82) is 0 Å². The summed E-state index contributed by atoms with van der Waals surface area (Å²) < 4.78 is 6.61. The van der Waals surface area contributed by atoms with Gasteiger partial charge in [0.1, 0.15) is 6.54 Å². The summed E-state index contributed by atoms with van der Waals surface area (Å²) in [5.41, 5.74) is 1.95. The van der Waals surface area contributed by atoms with E-state index in [9.17, 15) is 9.59 Å². The molecule has 1 aliphatic heterocycles. The molecule has 138 valence electrons. The monoisotopic (exact) mass is 363 g/mol. The quantitative estimate of drug-likeness (QED) is 0.699. The fraction of sp³-hybridized carbons (Fsp3) is 0.286. The Morgan fingerprint density at radius 1 is 0.963 bits per heavy atom. The predicted molar refractivity (Wildman–Crippen MR) is 100 cm³/mol. The normalized spacial score (nSPS) is 14.0. The van der Waals surface area contributed by atoms with Crippen molar-refractivity contribution in [1.82, 2.24) is 14.7 Å². The van der Waals surface area contributed by atoms with E-state index in [-0.39, 0.29) is 18.4 Å². The van der Waals surface area contributed by atoms with Gasteiger partial charge < -0.3 is 9.32 Å². The second kappa shape index (κ2) is 7.61. The maximum Gasteiger partial charge on any atom is 0.437 e. The van der Waals surface area contributed by atoms with E-state index in [2.05, 4.69) is 5.10 Å². The van der Waals surface area contributed by atoms with Gasteiger partial charge in [-0.3, -0.25) is 4.79 Å². The summed E-state index contributed by atoms with van der Waals surface area (Å²) in [5, 5.41) is 4.36. The van der Waals surface area contributed by atoms with Crippen LogP contribution in [0.5, 0.6) is 0 Å². The van der Waals surface area contributed by atoms with Crippen LogP contribution < -0.4 is 5.76 Å². The minimum atomic E-state index is -0.602. The van der Waals surface area contributed by atoms with Crippen LogP contribution in [0.2, 0.25) is 0 Å². The van der Waals surface area contributed by atoms with Gasteiger partial charge in [-0.25, -0.2) is 4.79 Å². The first kappa shape index (κ1) is 17.3. The molecule has 6 nitrogen and oxygen atoms in total. The van der Waals surface area contributed by atoms with E-state index in [4.69, 9.17) is 4.42 Å². The zero-order chi connectivity index (χ0) is 18.6. The molecule has 6 heteroatoms. The van der Waals surface area contributed by atoms with Gasteiger partial charge in [0.05, 0.1) is 5.92 Å². The van der Waals surface area contributed by atoms with Crippen LogP contribution in [0.1, 0.15) is 35.8 Å². The number of benzene rings is 2. The zero-order valence-electron chi connectivity index (χ0n) is 15.0. The van der Waals surface area contributed by atoms with E-state index < -0.39 is 5.76 Å². The maximum atomic E-state index is 12.4. The van der Waals surface area contributed by atoms with Crippen LogP contribution in [0.3, 0.4) is 0 Å². The van der Waals surface area contributed by atoms with Gasteiger partial charge in [0, 0.05) is 13.1 Å². The third-order valence-electron chi connectivity index (χ3n) is 4.88. The van der Waals surface area contributed by atoms with Crippen LogP contribution in [0.4, 0.5) is 0 Å². The Bertz CT molecular complexity index is 918. The van der Waals surface area contributed by atoms with E-state index in [1.54, 1.807) is 4.90 Å². The third-order valence-corrected chi connectivity index (χ3v) is 4.88. The molecule has 0 unspecified atom stereocenters. The molecule has 27 heavy (non-hydrogen) atoms. The second-order valence-electron chi connectivity index (χ2n) is 6.71. The molecular formula is C21H21N3O3. The Morgan fingerprint density at radius 2 is 1.52 bits per heavy atom. The Morgan fingerprint density at radius 3 is 2.07 bits per heavy atom. The van der Waals surface area contributed by atoms with Crippen molar-refractivity contribution in [2.24, 2.45) is 0 Å². The molecule has 4 rings (SSSR count). The molecule has 0 atom stereocenters. The molecule has 2 aromatic carbocycles. The van der Waals surface area contributed by atoms with Crippen molar-refractivity contribution >= 4 is 5.91 Å². The number of nitrogens with zero attached hydrogens (tertiary/aromatic N) is 3. The lowest BCUT2D eigenvalue weighted by molar-refractivity contribution is -0.131. The number of aromatic nitrogens is 2. The van der Waals surface area contributed by atoms with Crippen LogP contribution in [0.25, 0.3) is 0 Å². The molecule has 1 saturated heterocycles. The van der Waals surface area contributed by atoms with Crippen LogP contribution in [-0.4, -0.2) is 33.7 Å². The lowest BCUT2D eigenvalue weighted by Gasteiger charge is -2.15. The first-order chi connectivity index (χ1) is 13.2. The minimum Gasteiger partial charge on any atom is -0.391 e. The third kappa shape index (κ3) is 3.69. The Balaban J connectivity index is 1.67. The lowest BCUT2D eigenvalue weighted by Crippen LogP contribution is -2.34. The summed E-state index contributed by atoms with van der Waals surface area (Å²) in [7, 11) is 0. The molecular weight excluding hydrogens is 342 g/mol. The molecule has 2 heterocycles. The molecule has 0 saturated carbocycles. The van der Waals surface area contributed by atoms with Gasteiger partial charge in [-0.2, -0.15) is 4.68 Å². The molecule has 0 bridgehead atoms. The molecule has 1 aliphatic rings. The molecule has 1 aromatic heterocycles. The van der Waals surface area contributed by atoms with Crippen LogP contribution >= 0.6 is 0 Å². The standard InChI is InChI=1S/C21H21N3O3/c25-18(23-13-7-8-14-23)15-24-21(26)27-20(22-24)19(16-9-3-1-4-10-16)17-11-5-2-6-12-17/h1-6,9-12,19H,7-8,13-15H2. The lowest BCUT2D eigenvalue weighted by atomic mass is 9.91. The molecule has 0 radical (unpaired) electrons. The number of amides is 1. The van der Waals surface area contributed by atoms with Crippen molar-refractivity contribution in [3.05, 3.63) is 88.2 Å². The van der Waals surface area contributed by atoms with Crippen LogP contribution in [-0.2, 0) is 11.3 Å². The average molecular weight is 363 g/mol. The van der Waals surface area contributed by atoms with Gasteiger partial charge in [0.15, 0.2) is 0 Å². The maximum absolute atomic E-state index is 12.4. The highest BCUT2D eigenvalue weighted by molar-refractivity contribution is 5.76. The van der Waals surface area contributed by atoms with E-state index in [0.717, 1.165) is 41.7 Å². The van der Waals surface area contributed by atoms with Gasteiger partial charge >= 0.3 is 5.76 Å². The average Bonchev–Trinajstić information content (AvgIpc) is 3.35. The van der Waals surface area contributed by atoms with Gasteiger partial charge in [0.2, 0.25) is 11.8 Å². The van der Waals surface area contributed by atoms with Crippen molar-refractivity contribution in [2.45, 2.75) is 25.3 Å². The Hall–Kier alpha value is -3.15. The first-order valence-electron chi connectivity index (χ1n) is 9.18. The highest BCUT2D eigenvalue weighted by Crippen LogP contribution is 2.29. The van der Waals surface area contributed by atoms with E-state index in [1.807, 2.05) is 60.7 Å². The molecule has 1 fully saturated rings. The van der Waals surface area contributed by atoms with Gasteiger partial charge in [-0.1, -0.05) is 60.7 Å². The molecule has 3 aromatic rings. The SMILES string of the molecule is O=C(Cn1nc(C(c2ccccc2)c2ccccc2)oc1=O)N1CCCC1. The fourth-order valence-corrected chi connectivity index (χ4v) is 3.50. The minimum absolute atomic E-state index is 0.0847. The number of hydrogen-bond donors (Lipinski definition) is 0. The number of carbonyl (C=O) groups excluding carboxylic acids is 1. The van der Waals surface area contributed by atoms with Crippen molar-refractivity contribution in [3.8, 4) is 0 Å². The molecule has 1 amide bonds. The van der Waals surface area contributed by atoms with Crippen molar-refractivity contribution in [3.63, 3.8) is 0 Å². The summed E-state index contributed by atoms with van der Waals surface area (Å²) in [6, 6.07) is 19.6. The van der Waals surface area contributed by atoms with Gasteiger partial charge in [-0.05, 0) is 24.0 Å². The fourth-order valence-electron chi connectivity index (χ4n) is 3.50. The van der Waals surface area contributed by atoms with Crippen LogP contribution in [0.15, 0.2) is 69.9 Å². The summed E-state index contributed by atoms with van der Waals surface area (Å²) in [6.45, 7) is 1.41. The Labute approximate surface area is 157 Å². The highest BCUT2D eigenvalue weighted by Gasteiger charge is 2.25. The van der Waals surface area contributed by atoms with E-state index >= 15 is 0 Å². The van der Waals surface area contributed by atoms with Gasteiger partial charge in [-0.15, -0.1) is 5.10 Å². The number of carbonyl (C=O) groups is 1. The van der Waals surface area contributed by atoms with E-state index in [1.165, 1.54) is 0 Å².